The van der Waals surface area contributed by atoms with Gasteiger partial charge in [0.1, 0.15) is 12.1 Å². The van der Waals surface area contributed by atoms with E-state index < -0.39 is 11.6 Å². The predicted molar refractivity (Wildman–Crippen MR) is 93.8 cm³/mol. The van der Waals surface area contributed by atoms with Crippen LogP contribution in [0.25, 0.3) is 0 Å². The standard InChI is InChI=1S/C19H25N3O3/c1-12(2)22(15-9-10-15)16(23)11-21-17(24)19(4,20-18(21)25)14-7-5-13(3)6-8-14/h5-8,12,15H,9-11H2,1-4H3,(H,20,25). The summed E-state index contributed by atoms with van der Waals surface area (Å²) >= 11 is 0. The summed E-state index contributed by atoms with van der Waals surface area (Å²) < 4.78 is 0. The monoisotopic (exact) mass is 343 g/mol. The van der Waals surface area contributed by atoms with Crippen LogP contribution in [0, 0.1) is 6.92 Å². The van der Waals surface area contributed by atoms with Crippen LogP contribution in [0.15, 0.2) is 24.3 Å². The Morgan fingerprint density at radius 3 is 2.40 bits per heavy atom. The minimum Gasteiger partial charge on any atom is -0.336 e. The summed E-state index contributed by atoms with van der Waals surface area (Å²) in [6.45, 7) is 7.35. The Kier molecular flexibility index (Phi) is 4.31. The number of hydrogen-bond donors (Lipinski definition) is 1. The van der Waals surface area contributed by atoms with E-state index in [4.69, 9.17) is 0 Å². The van der Waals surface area contributed by atoms with Crippen molar-refractivity contribution in [3.8, 4) is 0 Å². The van der Waals surface area contributed by atoms with Gasteiger partial charge in [-0.15, -0.1) is 0 Å². The molecule has 0 radical (unpaired) electrons. The van der Waals surface area contributed by atoms with Gasteiger partial charge in [0.2, 0.25) is 5.91 Å². The number of imide groups is 1. The zero-order chi connectivity index (χ0) is 18.4. The molecule has 134 valence electrons. The van der Waals surface area contributed by atoms with Crippen LogP contribution in [0.5, 0.6) is 0 Å². The van der Waals surface area contributed by atoms with Crippen molar-refractivity contribution < 1.29 is 14.4 Å². The number of carbonyl (C=O) groups is 3. The van der Waals surface area contributed by atoms with Crippen LogP contribution in [-0.2, 0) is 15.1 Å². The van der Waals surface area contributed by atoms with E-state index in [0.29, 0.717) is 5.56 Å². The van der Waals surface area contributed by atoms with Crippen LogP contribution < -0.4 is 5.32 Å². The highest BCUT2D eigenvalue weighted by Crippen LogP contribution is 2.31. The van der Waals surface area contributed by atoms with Gasteiger partial charge < -0.3 is 10.2 Å². The number of nitrogens with one attached hydrogen (secondary N) is 1. The van der Waals surface area contributed by atoms with Crippen molar-refractivity contribution in [2.24, 2.45) is 0 Å². The van der Waals surface area contributed by atoms with Gasteiger partial charge in [-0.25, -0.2) is 4.79 Å². The van der Waals surface area contributed by atoms with Gasteiger partial charge >= 0.3 is 6.03 Å². The van der Waals surface area contributed by atoms with Gasteiger partial charge in [-0.2, -0.15) is 0 Å². The van der Waals surface area contributed by atoms with E-state index in [1.165, 1.54) is 0 Å². The van der Waals surface area contributed by atoms with Crippen LogP contribution in [0.1, 0.15) is 44.7 Å². The van der Waals surface area contributed by atoms with Crippen molar-refractivity contribution in [1.82, 2.24) is 15.1 Å². The fraction of sp³-hybridized carbons (Fsp3) is 0.526. The first-order chi connectivity index (χ1) is 11.7. The second-order valence-corrected chi connectivity index (χ2v) is 7.44. The largest absolute Gasteiger partial charge is 0.336 e. The van der Waals surface area contributed by atoms with Gasteiger partial charge in [0.05, 0.1) is 0 Å². The number of aryl methyl sites for hydroxylation is 1. The first kappa shape index (κ1) is 17.5. The molecule has 1 N–H and O–H groups in total. The average Bonchev–Trinajstić information content (AvgIpc) is 3.33. The van der Waals surface area contributed by atoms with Crippen molar-refractivity contribution in [2.45, 2.75) is 58.2 Å². The molecule has 1 aliphatic heterocycles. The first-order valence-electron chi connectivity index (χ1n) is 8.76. The van der Waals surface area contributed by atoms with Gasteiger partial charge in [-0.3, -0.25) is 14.5 Å². The molecule has 1 atom stereocenters. The number of carbonyl (C=O) groups excluding carboxylic acids is 3. The smallest absolute Gasteiger partial charge is 0.325 e. The summed E-state index contributed by atoms with van der Waals surface area (Å²) in [5.41, 5.74) is 0.662. The van der Waals surface area contributed by atoms with E-state index in [2.05, 4.69) is 5.32 Å². The maximum absolute atomic E-state index is 12.9. The Balaban J connectivity index is 1.79. The van der Waals surface area contributed by atoms with E-state index in [-0.39, 0.29) is 30.4 Å². The van der Waals surface area contributed by atoms with Gasteiger partial charge in [0, 0.05) is 12.1 Å². The average molecular weight is 343 g/mol. The van der Waals surface area contributed by atoms with Crippen LogP contribution >= 0.6 is 0 Å². The maximum Gasteiger partial charge on any atom is 0.325 e. The SMILES string of the molecule is Cc1ccc(C2(C)NC(=O)N(CC(=O)N(C(C)C)C3CC3)C2=O)cc1. The lowest BCUT2D eigenvalue weighted by atomic mass is 9.91. The van der Waals surface area contributed by atoms with Crippen LogP contribution in [0.2, 0.25) is 0 Å². The molecule has 1 aromatic rings. The summed E-state index contributed by atoms with van der Waals surface area (Å²) in [6, 6.07) is 7.28. The molecule has 2 aliphatic rings. The molecule has 1 saturated heterocycles. The van der Waals surface area contributed by atoms with E-state index >= 15 is 0 Å². The van der Waals surface area contributed by atoms with E-state index in [9.17, 15) is 14.4 Å². The summed E-state index contributed by atoms with van der Waals surface area (Å²) in [6.07, 6.45) is 1.98. The molecule has 0 aromatic heterocycles. The highest BCUT2D eigenvalue weighted by atomic mass is 16.2. The lowest BCUT2D eigenvalue weighted by molar-refractivity contribution is -0.140. The first-order valence-corrected chi connectivity index (χ1v) is 8.76. The summed E-state index contributed by atoms with van der Waals surface area (Å²) in [7, 11) is 0. The summed E-state index contributed by atoms with van der Waals surface area (Å²) in [4.78, 5) is 40.8. The Morgan fingerprint density at radius 2 is 1.88 bits per heavy atom. The highest BCUT2D eigenvalue weighted by Gasteiger charge is 2.50. The molecule has 0 bridgehead atoms. The zero-order valence-electron chi connectivity index (χ0n) is 15.2. The Hall–Kier alpha value is -2.37. The number of rotatable bonds is 5. The molecule has 1 heterocycles. The molecule has 25 heavy (non-hydrogen) atoms. The molecule has 3 rings (SSSR count). The molecule has 1 aliphatic carbocycles. The fourth-order valence-corrected chi connectivity index (χ4v) is 3.41. The van der Waals surface area contributed by atoms with E-state index in [0.717, 1.165) is 23.3 Å². The molecule has 0 spiro atoms. The quantitative estimate of drug-likeness (QED) is 0.833. The molecule has 4 amide bonds. The van der Waals surface area contributed by atoms with E-state index in [1.54, 1.807) is 11.8 Å². The minimum absolute atomic E-state index is 0.0595. The molecule has 2 fully saturated rings. The van der Waals surface area contributed by atoms with Gasteiger partial charge in [0.25, 0.3) is 5.91 Å². The summed E-state index contributed by atoms with van der Waals surface area (Å²) in [5, 5.41) is 2.75. The lowest BCUT2D eigenvalue weighted by Gasteiger charge is -2.28. The van der Waals surface area contributed by atoms with Crippen molar-refractivity contribution in [2.75, 3.05) is 6.54 Å². The Morgan fingerprint density at radius 1 is 1.28 bits per heavy atom. The fourth-order valence-electron chi connectivity index (χ4n) is 3.41. The zero-order valence-corrected chi connectivity index (χ0v) is 15.2. The predicted octanol–water partition coefficient (Wildman–Crippen LogP) is 2.16. The third-order valence-electron chi connectivity index (χ3n) is 4.98. The number of hydrogen-bond acceptors (Lipinski definition) is 3. The molecular weight excluding hydrogens is 318 g/mol. The molecule has 1 unspecified atom stereocenters. The topological polar surface area (TPSA) is 69.7 Å². The molecule has 1 saturated carbocycles. The van der Waals surface area contributed by atoms with Crippen LogP contribution in [-0.4, -0.2) is 46.3 Å². The molecule has 6 heteroatoms. The van der Waals surface area contributed by atoms with Crippen molar-refractivity contribution in [3.63, 3.8) is 0 Å². The normalized spacial score (nSPS) is 23.2. The maximum atomic E-state index is 12.9. The third-order valence-corrected chi connectivity index (χ3v) is 4.98. The van der Waals surface area contributed by atoms with Crippen molar-refractivity contribution in [1.29, 1.82) is 0 Å². The molecular formula is C19H25N3O3. The number of benzene rings is 1. The Labute approximate surface area is 148 Å². The lowest BCUT2D eigenvalue weighted by Crippen LogP contribution is -2.47. The second-order valence-electron chi connectivity index (χ2n) is 7.44. The van der Waals surface area contributed by atoms with Gasteiger partial charge in [0.15, 0.2) is 0 Å². The highest BCUT2D eigenvalue weighted by molar-refractivity contribution is 6.09. The minimum atomic E-state index is -1.13. The van der Waals surface area contributed by atoms with Gasteiger partial charge in [-0.1, -0.05) is 29.8 Å². The number of nitrogens with zero attached hydrogens (tertiary/aromatic N) is 2. The van der Waals surface area contributed by atoms with Crippen molar-refractivity contribution >= 4 is 17.8 Å². The number of urea groups is 1. The van der Waals surface area contributed by atoms with E-state index in [1.807, 2.05) is 45.0 Å². The molecule has 1 aromatic carbocycles. The summed E-state index contributed by atoms with van der Waals surface area (Å²) in [5.74, 6) is -0.552. The molecule has 6 nitrogen and oxygen atoms in total. The third kappa shape index (κ3) is 3.13. The Bertz CT molecular complexity index is 707. The van der Waals surface area contributed by atoms with Crippen LogP contribution in [0.3, 0.4) is 0 Å². The van der Waals surface area contributed by atoms with Crippen molar-refractivity contribution in [3.05, 3.63) is 35.4 Å². The second kappa shape index (κ2) is 6.17. The van der Waals surface area contributed by atoms with Gasteiger partial charge in [-0.05, 0) is 46.1 Å². The van der Waals surface area contributed by atoms with Crippen LogP contribution in [0.4, 0.5) is 4.79 Å². The number of amides is 4.